The molecule has 1 saturated heterocycles. The van der Waals surface area contributed by atoms with E-state index in [0.717, 1.165) is 12.8 Å². The predicted molar refractivity (Wildman–Crippen MR) is 87.5 cm³/mol. The Labute approximate surface area is 132 Å². The zero-order valence-corrected chi connectivity index (χ0v) is 14.0. The number of piperidine rings is 1. The standard InChI is InChI=1S/C18H26N2O2/c1-12-5-6-17(13(2)11-12)14(3)19-18(22)16-7-9-20(10-8-16)15(4)21/h5-6,11,14,16H,7-10H2,1-4H3,(H,19,22). The molecular weight excluding hydrogens is 276 g/mol. The molecule has 0 radical (unpaired) electrons. The number of aryl methyl sites for hydroxylation is 2. The summed E-state index contributed by atoms with van der Waals surface area (Å²) in [6.45, 7) is 9.14. The fourth-order valence-electron chi connectivity index (χ4n) is 3.18. The molecule has 1 N–H and O–H groups in total. The van der Waals surface area contributed by atoms with E-state index >= 15 is 0 Å². The zero-order valence-electron chi connectivity index (χ0n) is 14.0. The van der Waals surface area contributed by atoms with E-state index in [2.05, 4.69) is 37.4 Å². The topological polar surface area (TPSA) is 49.4 Å². The summed E-state index contributed by atoms with van der Waals surface area (Å²) < 4.78 is 0. The van der Waals surface area contributed by atoms with Gasteiger partial charge in [0.15, 0.2) is 0 Å². The van der Waals surface area contributed by atoms with Crippen molar-refractivity contribution in [3.63, 3.8) is 0 Å². The van der Waals surface area contributed by atoms with Crippen LogP contribution in [0.15, 0.2) is 18.2 Å². The molecular formula is C18H26N2O2. The highest BCUT2D eigenvalue weighted by atomic mass is 16.2. The van der Waals surface area contributed by atoms with Crippen LogP contribution in [-0.4, -0.2) is 29.8 Å². The zero-order chi connectivity index (χ0) is 16.3. The van der Waals surface area contributed by atoms with Crippen LogP contribution in [0.25, 0.3) is 0 Å². The average molecular weight is 302 g/mol. The maximum absolute atomic E-state index is 12.4. The highest BCUT2D eigenvalue weighted by Crippen LogP contribution is 2.22. The van der Waals surface area contributed by atoms with Gasteiger partial charge in [-0.15, -0.1) is 0 Å². The largest absolute Gasteiger partial charge is 0.349 e. The molecule has 22 heavy (non-hydrogen) atoms. The number of amides is 2. The first-order valence-electron chi connectivity index (χ1n) is 8.01. The van der Waals surface area contributed by atoms with Crippen LogP contribution in [0.4, 0.5) is 0 Å². The highest BCUT2D eigenvalue weighted by Gasteiger charge is 2.27. The maximum atomic E-state index is 12.4. The van der Waals surface area contributed by atoms with Crippen molar-refractivity contribution in [2.24, 2.45) is 5.92 Å². The fraction of sp³-hybridized carbons (Fsp3) is 0.556. The van der Waals surface area contributed by atoms with Gasteiger partial charge < -0.3 is 10.2 Å². The molecule has 0 saturated carbocycles. The SMILES string of the molecule is CC(=O)N1CCC(C(=O)NC(C)c2ccc(C)cc2C)CC1. The molecule has 0 aromatic heterocycles. The van der Waals surface area contributed by atoms with Gasteiger partial charge in [-0.1, -0.05) is 23.8 Å². The van der Waals surface area contributed by atoms with Crippen molar-refractivity contribution in [1.29, 1.82) is 0 Å². The Morgan fingerprint density at radius 1 is 1.23 bits per heavy atom. The number of rotatable bonds is 3. The molecule has 4 nitrogen and oxygen atoms in total. The molecule has 1 unspecified atom stereocenters. The van der Waals surface area contributed by atoms with Crippen LogP contribution < -0.4 is 5.32 Å². The minimum Gasteiger partial charge on any atom is -0.349 e. The van der Waals surface area contributed by atoms with Gasteiger partial charge in [0.1, 0.15) is 0 Å². The molecule has 1 aromatic rings. The second kappa shape index (κ2) is 6.95. The highest BCUT2D eigenvalue weighted by molar-refractivity contribution is 5.80. The predicted octanol–water partition coefficient (Wildman–Crippen LogP) is 2.74. The van der Waals surface area contributed by atoms with Gasteiger partial charge in [-0.3, -0.25) is 9.59 Å². The van der Waals surface area contributed by atoms with Gasteiger partial charge in [0.05, 0.1) is 6.04 Å². The first-order valence-corrected chi connectivity index (χ1v) is 8.01. The average Bonchev–Trinajstić information content (AvgIpc) is 2.47. The molecule has 0 aliphatic carbocycles. The molecule has 2 rings (SSSR count). The first-order chi connectivity index (χ1) is 10.4. The lowest BCUT2D eigenvalue weighted by atomic mass is 9.94. The van der Waals surface area contributed by atoms with Crippen molar-refractivity contribution < 1.29 is 9.59 Å². The summed E-state index contributed by atoms with van der Waals surface area (Å²) in [5.41, 5.74) is 3.61. The summed E-state index contributed by atoms with van der Waals surface area (Å²) in [6, 6.07) is 6.33. The smallest absolute Gasteiger partial charge is 0.223 e. The lowest BCUT2D eigenvalue weighted by Gasteiger charge is -2.31. The molecule has 1 aliphatic rings. The summed E-state index contributed by atoms with van der Waals surface area (Å²) in [4.78, 5) is 25.6. The maximum Gasteiger partial charge on any atom is 0.223 e. The normalized spacial score (nSPS) is 17.2. The monoisotopic (exact) mass is 302 g/mol. The summed E-state index contributed by atoms with van der Waals surface area (Å²) in [6.07, 6.45) is 1.51. The van der Waals surface area contributed by atoms with Crippen LogP contribution in [0.2, 0.25) is 0 Å². The molecule has 1 fully saturated rings. The molecule has 120 valence electrons. The van der Waals surface area contributed by atoms with E-state index in [-0.39, 0.29) is 23.8 Å². The van der Waals surface area contributed by atoms with Gasteiger partial charge in [-0.05, 0) is 44.7 Å². The lowest BCUT2D eigenvalue weighted by Crippen LogP contribution is -2.42. The number of carbonyl (C=O) groups is 2. The van der Waals surface area contributed by atoms with Gasteiger partial charge in [0.2, 0.25) is 11.8 Å². The molecule has 1 atom stereocenters. The van der Waals surface area contributed by atoms with Crippen LogP contribution >= 0.6 is 0 Å². The number of likely N-dealkylation sites (tertiary alicyclic amines) is 1. The molecule has 4 heteroatoms. The van der Waals surface area contributed by atoms with Gasteiger partial charge in [-0.25, -0.2) is 0 Å². The van der Waals surface area contributed by atoms with Crippen LogP contribution in [0, 0.1) is 19.8 Å². The number of nitrogens with zero attached hydrogens (tertiary/aromatic N) is 1. The van der Waals surface area contributed by atoms with Gasteiger partial charge in [-0.2, -0.15) is 0 Å². The third-order valence-electron chi connectivity index (χ3n) is 4.56. The summed E-state index contributed by atoms with van der Waals surface area (Å²) in [5.74, 6) is 0.224. The number of benzene rings is 1. The number of carbonyl (C=O) groups excluding carboxylic acids is 2. The Morgan fingerprint density at radius 2 is 1.86 bits per heavy atom. The Hall–Kier alpha value is -1.84. The van der Waals surface area contributed by atoms with E-state index in [1.807, 2.05) is 11.8 Å². The summed E-state index contributed by atoms with van der Waals surface area (Å²) >= 11 is 0. The Balaban J connectivity index is 1.93. The number of hydrogen-bond donors (Lipinski definition) is 1. The molecule has 1 aromatic carbocycles. The Bertz CT molecular complexity index is 560. The quantitative estimate of drug-likeness (QED) is 0.933. The number of hydrogen-bond acceptors (Lipinski definition) is 2. The summed E-state index contributed by atoms with van der Waals surface area (Å²) in [5, 5.41) is 3.13. The first kappa shape index (κ1) is 16.5. The molecule has 0 bridgehead atoms. The minimum absolute atomic E-state index is 0.0129. The summed E-state index contributed by atoms with van der Waals surface area (Å²) in [7, 11) is 0. The van der Waals surface area contributed by atoms with E-state index in [1.54, 1.807) is 6.92 Å². The van der Waals surface area contributed by atoms with Crippen molar-refractivity contribution in [3.8, 4) is 0 Å². The van der Waals surface area contributed by atoms with Gasteiger partial charge in [0.25, 0.3) is 0 Å². The number of nitrogens with one attached hydrogen (secondary N) is 1. The minimum atomic E-state index is 0.0129. The fourth-order valence-corrected chi connectivity index (χ4v) is 3.18. The molecule has 1 aliphatic heterocycles. The van der Waals surface area contributed by atoms with E-state index in [0.29, 0.717) is 13.1 Å². The van der Waals surface area contributed by atoms with Gasteiger partial charge in [0, 0.05) is 25.9 Å². The van der Waals surface area contributed by atoms with Crippen molar-refractivity contribution in [2.45, 2.75) is 46.6 Å². The third kappa shape index (κ3) is 3.87. The second-order valence-electron chi connectivity index (χ2n) is 6.37. The van der Waals surface area contributed by atoms with Crippen molar-refractivity contribution in [1.82, 2.24) is 10.2 Å². The Kier molecular flexibility index (Phi) is 5.22. The van der Waals surface area contributed by atoms with E-state index in [4.69, 9.17) is 0 Å². The van der Waals surface area contributed by atoms with Crippen LogP contribution in [0.3, 0.4) is 0 Å². The van der Waals surface area contributed by atoms with Crippen LogP contribution in [0.5, 0.6) is 0 Å². The van der Waals surface area contributed by atoms with Crippen LogP contribution in [-0.2, 0) is 9.59 Å². The molecule has 2 amide bonds. The second-order valence-corrected chi connectivity index (χ2v) is 6.37. The third-order valence-corrected chi connectivity index (χ3v) is 4.56. The van der Waals surface area contributed by atoms with Crippen molar-refractivity contribution in [2.75, 3.05) is 13.1 Å². The van der Waals surface area contributed by atoms with Crippen molar-refractivity contribution in [3.05, 3.63) is 34.9 Å². The van der Waals surface area contributed by atoms with Crippen LogP contribution in [0.1, 0.15) is 49.4 Å². The molecule has 0 spiro atoms. The Morgan fingerprint density at radius 3 is 2.41 bits per heavy atom. The van der Waals surface area contributed by atoms with E-state index in [9.17, 15) is 9.59 Å². The van der Waals surface area contributed by atoms with Gasteiger partial charge >= 0.3 is 0 Å². The molecule has 1 heterocycles. The van der Waals surface area contributed by atoms with E-state index < -0.39 is 0 Å². The van der Waals surface area contributed by atoms with E-state index in [1.165, 1.54) is 16.7 Å². The van der Waals surface area contributed by atoms with Crippen molar-refractivity contribution >= 4 is 11.8 Å². The lowest BCUT2D eigenvalue weighted by molar-refractivity contribution is -0.134.